The molecule has 0 radical (unpaired) electrons. The molecular formula is C15H16N2O3. The summed E-state index contributed by atoms with van der Waals surface area (Å²) in [7, 11) is 0. The van der Waals surface area contributed by atoms with Crippen molar-refractivity contribution in [1.82, 2.24) is 0 Å². The third-order valence-electron chi connectivity index (χ3n) is 3.41. The second kappa shape index (κ2) is 5.30. The minimum atomic E-state index is -1.61. The van der Waals surface area contributed by atoms with Gasteiger partial charge in [0.15, 0.2) is 0 Å². The number of fused-ring (bicyclic) bond motifs is 1. The number of aliphatic carboxylic acids is 1. The lowest BCUT2D eigenvalue weighted by Crippen LogP contribution is -2.45. The predicted octanol–water partition coefficient (Wildman–Crippen LogP) is 1.34. The van der Waals surface area contributed by atoms with Gasteiger partial charge in [-0.2, -0.15) is 0 Å². The van der Waals surface area contributed by atoms with E-state index >= 15 is 0 Å². The number of rotatable bonds is 5. The summed E-state index contributed by atoms with van der Waals surface area (Å²) in [6.45, 7) is 0. The van der Waals surface area contributed by atoms with E-state index in [1.54, 1.807) is 12.1 Å². The summed E-state index contributed by atoms with van der Waals surface area (Å²) in [4.78, 5) is 22.4. The Morgan fingerprint density at radius 2 is 1.75 bits per heavy atom. The second-order valence-corrected chi connectivity index (χ2v) is 4.80. The van der Waals surface area contributed by atoms with Crippen LogP contribution < -0.4 is 11.5 Å². The van der Waals surface area contributed by atoms with Gasteiger partial charge in [-0.05, 0) is 28.8 Å². The molecule has 0 bridgehead atoms. The first-order valence-corrected chi connectivity index (χ1v) is 6.23. The van der Waals surface area contributed by atoms with Crippen LogP contribution in [0.1, 0.15) is 18.4 Å². The van der Waals surface area contributed by atoms with E-state index < -0.39 is 17.4 Å². The molecule has 2 aromatic rings. The van der Waals surface area contributed by atoms with Crippen LogP contribution in [0.5, 0.6) is 0 Å². The largest absolute Gasteiger partial charge is 0.480 e. The Bertz CT molecular complexity index is 669. The Hall–Kier alpha value is -2.40. The quantitative estimate of drug-likeness (QED) is 0.763. The van der Waals surface area contributed by atoms with Gasteiger partial charge in [-0.25, -0.2) is 4.79 Å². The number of benzene rings is 2. The Balaban J connectivity index is 2.45. The summed E-state index contributed by atoms with van der Waals surface area (Å²) in [6.07, 6.45) is -0.106. The first kappa shape index (κ1) is 14.0. The fourth-order valence-electron chi connectivity index (χ4n) is 2.16. The van der Waals surface area contributed by atoms with Crippen LogP contribution in [0.2, 0.25) is 0 Å². The molecule has 0 aromatic heterocycles. The average Bonchev–Trinajstić information content (AvgIpc) is 2.44. The number of hydrogen-bond donors (Lipinski definition) is 3. The van der Waals surface area contributed by atoms with Crippen molar-refractivity contribution in [2.45, 2.75) is 18.4 Å². The normalized spacial score (nSPS) is 13.8. The molecule has 0 spiro atoms. The van der Waals surface area contributed by atoms with Gasteiger partial charge in [0.25, 0.3) is 0 Å². The zero-order chi connectivity index (χ0) is 14.8. The van der Waals surface area contributed by atoms with Crippen molar-refractivity contribution in [3.05, 3.63) is 48.0 Å². The number of hydrogen-bond acceptors (Lipinski definition) is 3. The lowest BCUT2D eigenvalue weighted by molar-refractivity contribution is -0.144. The van der Waals surface area contributed by atoms with Gasteiger partial charge in [-0.15, -0.1) is 0 Å². The van der Waals surface area contributed by atoms with Crippen molar-refractivity contribution in [2.75, 3.05) is 0 Å². The molecule has 5 heteroatoms. The molecule has 0 aliphatic carbocycles. The highest BCUT2D eigenvalue weighted by Crippen LogP contribution is 2.27. The summed E-state index contributed by atoms with van der Waals surface area (Å²) in [6, 6.07) is 12.8. The molecule has 2 aromatic carbocycles. The fraction of sp³-hybridized carbons (Fsp3) is 0.200. The van der Waals surface area contributed by atoms with Crippen LogP contribution in [0.15, 0.2) is 42.5 Å². The van der Waals surface area contributed by atoms with Gasteiger partial charge < -0.3 is 16.6 Å². The number of carboxylic acid groups (broad SMARTS) is 1. The first-order valence-electron chi connectivity index (χ1n) is 6.23. The first-order chi connectivity index (χ1) is 9.43. The molecule has 0 unspecified atom stereocenters. The number of carboxylic acids is 1. The van der Waals surface area contributed by atoms with E-state index in [9.17, 15) is 14.7 Å². The Labute approximate surface area is 116 Å². The van der Waals surface area contributed by atoms with Crippen molar-refractivity contribution in [2.24, 2.45) is 11.5 Å². The van der Waals surface area contributed by atoms with Crippen LogP contribution in [-0.4, -0.2) is 17.0 Å². The number of carbonyl (C=O) groups excluding carboxylic acids is 1. The number of carbonyl (C=O) groups is 2. The molecule has 0 saturated carbocycles. The summed E-state index contributed by atoms with van der Waals surface area (Å²) in [5.41, 5.74) is 9.93. The average molecular weight is 272 g/mol. The van der Waals surface area contributed by atoms with Crippen molar-refractivity contribution in [3.63, 3.8) is 0 Å². The van der Waals surface area contributed by atoms with Gasteiger partial charge in [0, 0.05) is 6.42 Å². The van der Waals surface area contributed by atoms with Crippen LogP contribution in [0.25, 0.3) is 10.8 Å². The van der Waals surface area contributed by atoms with Crippen molar-refractivity contribution in [3.8, 4) is 0 Å². The maximum absolute atomic E-state index is 11.5. The van der Waals surface area contributed by atoms with E-state index in [0.717, 1.165) is 10.8 Å². The van der Waals surface area contributed by atoms with Gasteiger partial charge in [0.05, 0.1) is 0 Å². The van der Waals surface area contributed by atoms with Crippen LogP contribution in [-0.2, 0) is 15.1 Å². The molecule has 104 valence electrons. The van der Waals surface area contributed by atoms with Crippen molar-refractivity contribution < 1.29 is 14.7 Å². The van der Waals surface area contributed by atoms with Gasteiger partial charge in [-0.1, -0.05) is 36.4 Å². The molecule has 5 N–H and O–H groups in total. The highest BCUT2D eigenvalue weighted by molar-refractivity contribution is 5.87. The lowest BCUT2D eigenvalue weighted by Gasteiger charge is -2.25. The summed E-state index contributed by atoms with van der Waals surface area (Å²) < 4.78 is 0. The minimum Gasteiger partial charge on any atom is -0.480 e. The third kappa shape index (κ3) is 2.62. The van der Waals surface area contributed by atoms with E-state index in [2.05, 4.69) is 0 Å². The molecule has 1 atom stereocenters. The van der Waals surface area contributed by atoms with Gasteiger partial charge in [-0.3, -0.25) is 4.79 Å². The molecule has 20 heavy (non-hydrogen) atoms. The fourth-order valence-corrected chi connectivity index (χ4v) is 2.16. The van der Waals surface area contributed by atoms with Gasteiger partial charge in [0.1, 0.15) is 5.54 Å². The molecule has 0 heterocycles. The molecule has 0 aliphatic rings. The van der Waals surface area contributed by atoms with Gasteiger partial charge in [0.2, 0.25) is 5.91 Å². The molecule has 0 saturated heterocycles. The van der Waals surface area contributed by atoms with Crippen LogP contribution in [0, 0.1) is 0 Å². The van der Waals surface area contributed by atoms with Crippen molar-refractivity contribution >= 4 is 22.6 Å². The predicted molar refractivity (Wildman–Crippen MR) is 75.9 cm³/mol. The maximum atomic E-state index is 11.5. The van der Waals surface area contributed by atoms with E-state index in [1.165, 1.54) is 0 Å². The number of amides is 1. The topological polar surface area (TPSA) is 106 Å². The van der Waals surface area contributed by atoms with Crippen molar-refractivity contribution in [1.29, 1.82) is 0 Å². The second-order valence-electron chi connectivity index (χ2n) is 4.80. The maximum Gasteiger partial charge on any atom is 0.328 e. The molecule has 2 rings (SSSR count). The van der Waals surface area contributed by atoms with E-state index in [-0.39, 0.29) is 12.8 Å². The van der Waals surface area contributed by atoms with Crippen LogP contribution >= 0.6 is 0 Å². The zero-order valence-corrected chi connectivity index (χ0v) is 10.9. The van der Waals surface area contributed by atoms with Crippen LogP contribution in [0.3, 0.4) is 0 Å². The standard InChI is InChI=1S/C15H16N2O3/c16-13(18)7-8-15(17,14(19)20)12-6-5-10-3-1-2-4-11(10)9-12/h1-6,9H,7-8,17H2,(H2,16,18)(H,19,20)/t15-/m1/s1. The summed E-state index contributed by atoms with van der Waals surface area (Å²) >= 11 is 0. The Kier molecular flexibility index (Phi) is 3.72. The number of primary amides is 1. The minimum absolute atomic E-state index is 0.0317. The monoisotopic (exact) mass is 272 g/mol. The highest BCUT2D eigenvalue weighted by Gasteiger charge is 2.36. The lowest BCUT2D eigenvalue weighted by atomic mass is 9.85. The smallest absolute Gasteiger partial charge is 0.328 e. The molecule has 0 aliphatic heterocycles. The highest BCUT2D eigenvalue weighted by atomic mass is 16.4. The zero-order valence-electron chi connectivity index (χ0n) is 10.9. The molecule has 0 fully saturated rings. The summed E-state index contributed by atoms with van der Waals surface area (Å²) in [5.74, 6) is -1.74. The molecule has 1 amide bonds. The van der Waals surface area contributed by atoms with E-state index in [0.29, 0.717) is 5.56 Å². The third-order valence-corrected chi connectivity index (χ3v) is 3.41. The summed E-state index contributed by atoms with van der Waals surface area (Å²) in [5, 5.41) is 11.3. The van der Waals surface area contributed by atoms with E-state index in [1.807, 2.05) is 30.3 Å². The molecule has 5 nitrogen and oxygen atoms in total. The SMILES string of the molecule is NC(=O)CC[C@](N)(C(=O)O)c1ccc2ccccc2c1. The molecular weight excluding hydrogens is 256 g/mol. The van der Waals surface area contributed by atoms with Crippen LogP contribution in [0.4, 0.5) is 0 Å². The Morgan fingerprint density at radius 1 is 1.10 bits per heavy atom. The van der Waals surface area contributed by atoms with Gasteiger partial charge >= 0.3 is 5.97 Å². The van der Waals surface area contributed by atoms with E-state index in [4.69, 9.17) is 11.5 Å². The number of nitrogens with two attached hydrogens (primary N) is 2. The Morgan fingerprint density at radius 3 is 2.35 bits per heavy atom.